The van der Waals surface area contributed by atoms with Gasteiger partial charge >= 0.3 is 5.97 Å². The van der Waals surface area contributed by atoms with Crippen LogP contribution >= 0.6 is 15.9 Å². The number of carbonyl (C=O) groups is 1. The molecule has 3 nitrogen and oxygen atoms in total. The van der Waals surface area contributed by atoms with E-state index in [1.54, 1.807) is 6.92 Å². The smallest absolute Gasteiger partial charge is 0.334 e. The highest BCUT2D eigenvalue weighted by atomic mass is 79.9. The molecular formula is C14H22BrNO2. The number of nitrogens with one attached hydrogen (secondary N) is 1. The number of alkyl halides is 1. The fourth-order valence-electron chi connectivity index (χ4n) is 1.18. The van der Waals surface area contributed by atoms with Crippen LogP contribution in [0.15, 0.2) is 23.3 Å². The largest absolute Gasteiger partial charge is 0.457 e. The summed E-state index contributed by atoms with van der Waals surface area (Å²) in [5.41, 5.74) is 1.07. The van der Waals surface area contributed by atoms with Crippen molar-refractivity contribution in [1.82, 2.24) is 0 Å². The van der Waals surface area contributed by atoms with Gasteiger partial charge in [0.15, 0.2) is 0 Å². The fourth-order valence-corrected chi connectivity index (χ4v) is 1.58. The maximum atomic E-state index is 11.7. The summed E-state index contributed by atoms with van der Waals surface area (Å²) in [6.07, 6.45) is 3.45. The molecule has 0 aliphatic carbocycles. The molecule has 18 heavy (non-hydrogen) atoms. The van der Waals surface area contributed by atoms with Gasteiger partial charge in [-0.25, -0.2) is 4.79 Å². The van der Waals surface area contributed by atoms with Crippen molar-refractivity contribution in [2.75, 3.05) is 0 Å². The van der Waals surface area contributed by atoms with Crippen LogP contribution in [-0.4, -0.2) is 22.1 Å². The molecule has 0 rings (SSSR count). The monoisotopic (exact) mass is 315 g/mol. The number of halogens is 1. The number of hydrogen-bond acceptors (Lipinski definition) is 3. The van der Waals surface area contributed by atoms with E-state index in [9.17, 15) is 4.79 Å². The van der Waals surface area contributed by atoms with Gasteiger partial charge in [-0.05, 0) is 53.2 Å². The molecule has 0 saturated heterocycles. The predicted octanol–water partition coefficient (Wildman–Crippen LogP) is 4.02. The van der Waals surface area contributed by atoms with Gasteiger partial charge in [0.25, 0.3) is 0 Å². The van der Waals surface area contributed by atoms with Gasteiger partial charge in [-0.3, -0.25) is 0 Å². The van der Waals surface area contributed by atoms with Crippen LogP contribution in [0.5, 0.6) is 0 Å². The van der Waals surface area contributed by atoms with E-state index in [0.29, 0.717) is 11.3 Å². The molecule has 0 spiro atoms. The third kappa shape index (κ3) is 7.43. The van der Waals surface area contributed by atoms with Gasteiger partial charge < -0.3 is 10.1 Å². The molecule has 0 aliphatic rings. The number of allylic oxidation sites excluding steroid dienone is 3. The summed E-state index contributed by atoms with van der Waals surface area (Å²) in [5, 5.41) is 7.87. The Morgan fingerprint density at radius 2 is 1.78 bits per heavy atom. The van der Waals surface area contributed by atoms with Gasteiger partial charge in [-0.2, -0.15) is 0 Å². The molecule has 0 fully saturated rings. The average molecular weight is 316 g/mol. The van der Waals surface area contributed by atoms with Crippen molar-refractivity contribution < 1.29 is 9.53 Å². The Morgan fingerprint density at radius 1 is 1.28 bits per heavy atom. The molecule has 0 saturated carbocycles. The molecule has 0 aromatic carbocycles. The molecule has 1 atom stereocenters. The normalized spacial score (nSPS) is 15.3. The molecule has 0 radical (unpaired) electrons. The van der Waals surface area contributed by atoms with E-state index in [2.05, 4.69) is 15.9 Å². The van der Waals surface area contributed by atoms with Crippen LogP contribution < -0.4 is 0 Å². The van der Waals surface area contributed by atoms with Gasteiger partial charge in [0, 0.05) is 10.4 Å². The second-order valence-electron chi connectivity index (χ2n) is 5.27. The molecule has 0 aromatic rings. The first kappa shape index (κ1) is 17.1. The lowest BCUT2D eigenvalue weighted by atomic mass is 10.1. The SMILES string of the molecule is CC(=CC(=N)/C(C)=C\C(C)Br)C(=O)OC(C)(C)C. The summed E-state index contributed by atoms with van der Waals surface area (Å²) in [4.78, 5) is 11.9. The summed E-state index contributed by atoms with van der Waals surface area (Å²) in [7, 11) is 0. The van der Waals surface area contributed by atoms with Crippen LogP contribution in [0.25, 0.3) is 0 Å². The Bertz CT molecular complexity index is 387. The van der Waals surface area contributed by atoms with Crippen molar-refractivity contribution in [3.63, 3.8) is 0 Å². The van der Waals surface area contributed by atoms with Crippen molar-refractivity contribution in [2.24, 2.45) is 0 Å². The lowest BCUT2D eigenvalue weighted by Crippen LogP contribution is -2.24. The molecule has 4 heteroatoms. The van der Waals surface area contributed by atoms with E-state index in [-0.39, 0.29) is 10.8 Å². The summed E-state index contributed by atoms with van der Waals surface area (Å²) in [5.74, 6) is -0.382. The van der Waals surface area contributed by atoms with Crippen molar-refractivity contribution >= 4 is 27.6 Å². The highest BCUT2D eigenvalue weighted by Crippen LogP contribution is 2.12. The van der Waals surface area contributed by atoms with Crippen molar-refractivity contribution in [1.29, 1.82) is 5.41 Å². The number of carbonyl (C=O) groups excluding carboxylic acids is 1. The zero-order valence-electron chi connectivity index (χ0n) is 11.9. The lowest BCUT2D eigenvalue weighted by molar-refractivity contribution is -0.149. The number of ether oxygens (including phenoxy) is 1. The van der Waals surface area contributed by atoms with Crippen LogP contribution in [-0.2, 0) is 9.53 Å². The summed E-state index contributed by atoms with van der Waals surface area (Å²) in [6, 6.07) is 0. The topological polar surface area (TPSA) is 50.2 Å². The second kappa shape index (κ2) is 6.88. The fraction of sp³-hybridized carbons (Fsp3) is 0.571. The van der Waals surface area contributed by atoms with Crippen LogP contribution in [0.4, 0.5) is 0 Å². The third-order valence-corrected chi connectivity index (χ3v) is 2.25. The van der Waals surface area contributed by atoms with Crippen molar-refractivity contribution in [3.8, 4) is 0 Å². The van der Waals surface area contributed by atoms with E-state index < -0.39 is 5.60 Å². The third-order valence-electron chi connectivity index (χ3n) is 1.99. The quantitative estimate of drug-likeness (QED) is 0.368. The van der Waals surface area contributed by atoms with Crippen LogP contribution in [0.3, 0.4) is 0 Å². The van der Waals surface area contributed by atoms with Gasteiger partial charge in [0.1, 0.15) is 5.60 Å². The van der Waals surface area contributed by atoms with Gasteiger partial charge in [0.05, 0.1) is 5.71 Å². The maximum absolute atomic E-state index is 11.7. The number of esters is 1. The van der Waals surface area contributed by atoms with E-state index in [0.717, 1.165) is 5.57 Å². The number of rotatable bonds is 4. The highest BCUT2D eigenvalue weighted by Gasteiger charge is 2.17. The van der Waals surface area contributed by atoms with Crippen LogP contribution in [0.2, 0.25) is 0 Å². The summed E-state index contributed by atoms with van der Waals surface area (Å²) >= 11 is 3.39. The molecule has 0 heterocycles. The molecule has 1 unspecified atom stereocenters. The molecule has 1 N–H and O–H groups in total. The van der Waals surface area contributed by atoms with E-state index in [4.69, 9.17) is 10.1 Å². The van der Waals surface area contributed by atoms with Crippen molar-refractivity contribution in [3.05, 3.63) is 23.3 Å². The first-order chi connectivity index (χ1) is 8.03. The predicted molar refractivity (Wildman–Crippen MR) is 79.5 cm³/mol. The highest BCUT2D eigenvalue weighted by molar-refractivity contribution is 9.09. The van der Waals surface area contributed by atoms with Crippen LogP contribution in [0, 0.1) is 5.41 Å². The first-order valence-electron chi connectivity index (χ1n) is 5.86. The van der Waals surface area contributed by atoms with E-state index >= 15 is 0 Å². The molecule has 0 amide bonds. The maximum Gasteiger partial charge on any atom is 0.334 e. The molecule has 0 bridgehead atoms. The van der Waals surface area contributed by atoms with Gasteiger partial charge in [0.2, 0.25) is 0 Å². The van der Waals surface area contributed by atoms with Gasteiger partial charge in [-0.15, -0.1) is 0 Å². The average Bonchev–Trinajstić information content (AvgIpc) is 2.13. The Hall–Kier alpha value is -0.900. The lowest BCUT2D eigenvalue weighted by Gasteiger charge is -2.19. The van der Waals surface area contributed by atoms with E-state index in [1.165, 1.54) is 6.08 Å². The minimum Gasteiger partial charge on any atom is -0.457 e. The second-order valence-corrected chi connectivity index (χ2v) is 6.71. The van der Waals surface area contributed by atoms with Gasteiger partial charge in [-0.1, -0.05) is 22.0 Å². The molecule has 0 aliphatic heterocycles. The Morgan fingerprint density at radius 3 is 2.17 bits per heavy atom. The standard InChI is InChI=1S/C14H22BrNO2/c1-9(7-11(3)15)12(16)8-10(2)13(17)18-14(4,5)6/h7-8,11,16H,1-6H3/b9-7-,10-8?,16-12?. The Labute approximate surface area is 118 Å². The van der Waals surface area contributed by atoms with E-state index in [1.807, 2.05) is 40.7 Å². The summed E-state index contributed by atoms with van der Waals surface area (Å²) in [6.45, 7) is 10.9. The zero-order valence-corrected chi connectivity index (χ0v) is 13.5. The minimum atomic E-state index is -0.510. The molecule has 0 aromatic heterocycles. The first-order valence-corrected chi connectivity index (χ1v) is 6.77. The van der Waals surface area contributed by atoms with Crippen molar-refractivity contribution in [2.45, 2.75) is 52.0 Å². The minimum absolute atomic E-state index is 0.202. The molecule has 102 valence electrons. The number of hydrogen-bond donors (Lipinski definition) is 1. The Kier molecular flexibility index (Phi) is 6.54. The molecular weight excluding hydrogens is 294 g/mol. The Balaban J connectivity index is 4.79. The van der Waals surface area contributed by atoms with Crippen LogP contribution in [0.1, 0.15) is 41.5 Å². The summed E-state index contributed by atoms with van der Waals surface area (Å²) < 4.78 is 5.23. The zero-order chi connectivity index (χ0) is 14.5.